The van der Waals surface area contributed by atoms with E-state index >= 15 is 0 Å². The smallest absolute Gasteiger partial charge is 0.305 e. The minimum atomic E-state index is -0.0700. The molecule has 0 fully saturated rings. The molecule has 0 unspecified atom stereocenters. The molecule has 0 aliphatic rings. The normalized spacial score (nSPS) is 10.1. The lowest BCUT2D eigenvalue weighted by Crippen LogP contribution is -2.14. The minimum Gasteiger partial charge on any atom is -0.466 e. The molecule has 0 N–H and O–H groups in total. The number of carbonyl (C=O) groups excluding carboxylic acids is 1. The van der Waals surface area contributed by atoms with E-state index < -0.39 is 0 Å². The van der Waals surface area contributed by atoms with Crippen molar-refractivity contribution in [3.05, 3.63) is 40.7 Å². The largest absolute Gasteiger partial charge is 0.466 e. The van der Waals surface area contributed by atoms with Gasteiger partial charge in [0, 0.05) is 37.2 Å². The Labute approximate surface area is 197 Å². The van der Waals surface area contributed by atoms with Crippen LogP contribution in [0.25, 0.3) is 0 Å². The molecule has 1 aromatic heterocycles. The molecule has 7 heteroatoms. The monoisotopic (exact) mass is 456 g/mol. The number of nitrogens with zero attached hydrogens (tertiary/aromatic N) is 4. The highest BCUT2D eigenvalue weighted by atomic mass is 35.5. The summed E-state index contributed by atoms with van der Waals surface area (Å²) in [5.74, 6) is 7.52. The molecule has 0 radical (unpaired) electrons. The van der Waals surface area contributed by atoms with E-state index in [2.05, 4.69) is 33.7 Å². The van der Waals surface area contributed by atoms with Crippen molar-refractivity contribution in [1.29, 1.82) is 0 Å². The quantitative estimate of drug-likeness (QED) is 0.208. The highest BCUT2D eigenvalue weighted by Gasteiger charge is 2.16. The molecule has 172 valence electrons. The van der Waals surface area contributed by atoms with Gasteiger partial charge in [0.15, 0.2) is 5.82 Å². The van der Waals surface area contributed by atoms with Gasteiger partial charge in [0.05, 0.1) is 12.3 Å². The lowest BCUT2D eigenvalue weighted by molar-refractivity contribution is -0.143. The number of para-hydroxylation sites is 1. The Hall–Kier alpha value is -2.91. The molecule has 32 heavy (non-hydrogen) atoms. The van der Waals surface area contributed by atoms with E-state index in [-0.39, 0.29) is 11.3 Å². The van der Waals surface area contributed by atoms with E-state index in [4.69, 9.17) is 16.3 Å². The van der Waals surface area contributed by atoms with Gasteiger partial charge < -0.3 is 9.64 Å². The fourth-order valence-electron chi connectivity index (χ4n) is 2.77. The highest BCUT2D eigenvalue weighted by Crippen LogP contribution is 2.32. The van der Waals surface area contributed by atoms with E-state index in [1.54, 1.807) is 6.21 Å². The molecule has 0 spiro atoms. The van der Waals surface area contributed by atoms with Crippen LogP contribution < -0.4 is 4.90 Å². The lowest BCUT2D eigenvalue weighted by atomic mass is 10.1. The highest BCUT2D eigenvalue weighted by molar-refractivity contribution is 6.28. The maximum Gasteiger partial charge on any atom is 0.305 e. The molecule has 0 saturated carbocycles. The third-order valence-electron chi connectivity index (χ3n) is 4.34. The summed E-state index contributed by atoms with van der Waals surface area (Å²) >= 11 is 6.06. The summed E-state index contributed by atoms with van der Waals surface area (Å²) < 4.78 is 4.70. The Balaban J connectivity index is 0.000000482. The van der Waals surface area contributed by atoms with Crippen molar-refractivity contribution < 1.29 is 9.53 Å². The van der Waals surface area contributed by atoms with Crippen LogP contribution in [0.3, 0.4) is 0 Å². The minimum absolute atomic E-state index is 0.0700. The number of aliphatic imine (C=N–C) groups is 1. The maximum absolute atomic E-state index is 10.6. The van der Waals surface area contributed by atoms with Crippen LogP contribution in [-0.4, -0.2) is 35.8 Å². The molecule has 0 atom stereocenters. The molecular formula is C25H33ClN4O2. The van der Waals surface area contributed by atoms with Crippen LogP contribution in [0.5, 0.6) is 0 Å². The molecule has 0 saturated heterocycles. The van der Waals surface area contributed by atoms with Crippen molar-refractivity contribution in [2.24, 2.45) is 4.99 Å². The molecule has 2 rings (SSSR count). The Kier molecular flexibility index (Phi) is 12.7. The van der Waals surface area contributed by atoms with Gasteiger partial charge in [0.2, 0.25) is 5.28 Å². The number of anilines is 2. The summed E-state index contributed by atoms with van der Waals surface area (Å²) in [5.41, 5.74) is 2.79. The lowest BCUT2D eigenvalue weighted by Gasteiger charge is -2.22. The van der Waals surface area contributed by atoms with Gasteiger partial charge in [-0.1, -0.05) is 44.2 Å². The van der Waals surface area contributed by atoms with Crippen LogP contribution in [0.15, 0.2) is 29.3 Å². The second-order valence-corrected chi connectivity index (χ2v) is 7.13. The van der Waals surface area contributed by atoms with Gasteiger partial charge in [0.1, 0.15) is 5.82 Å². The molecule has 0 aliphatic carbocycles. The van der Waals surface area contributed by atoms with Crippen LogP contribution in [0.2, 0.25) is 5.28 Å². The summed E-state index contributed by atoms with van der Waals surface area (Å²) in [4.78, 5) is 25.4. The second kappa shape index (κ2) is 15.0. The Bertz CT molecular complexity index is 964. The van der Waals surface area contributed by atoms with Crippen LogP contribution >= 0.6 is 11.6 Å². The number of aromatic nitrogens is 2. The van der Waals surface area contributed by atoms with Crippen molar-refractivity contribution in [1.82, 2.24) is 9.97 Å². The van der Waals surface area contributed by atoms with Crippen LogP contribution in [0.1, 0.15) is 64.5 Å². The van der Waals surface area contributed by atoms with E-state index in [9.17, 15) is 4.79 Å². The average molecular weight is 457 g/mol. The van der Waals surface area contributed by atoms with Gasteiger partial charge in [-0.2, -0.15) is 9.97 Å². The molecule has 0 amide bonds. The van der Waals surface area contributed by atoms with Gasteiger partial charge in [-0.3, -0.25) is 4.79 Å². The number of unbranched alkanes of at least 4 members (excludes halogenated alkanes) is 1. The van der Waals surface area contributed by atoms with Crippen molar-refractivity contribution in [2.45, 2.75) is 60.3 Å². The Morgan fingerprint density at radius 2 is 1.97 bits per heavy atom. The predicted molar refractivity (Wildman–Crippen MR) is 133 cm³/mol. The molecule has 1 heterocycles. The first-order valence-corrected chi connectivity index (χ1v) is 11.3. The first-order chi connectivity index (χ1) is 15.4. The zero-order valence-electron chi connectivity index (χ0n) is 19.9. The molecule has 0 bridgehead atoms. The number of benzene rings is 1. The van der Waals surface area contributed by atoms with E-state index in [0.29, 0.717) is 18.8 Å². The zero-order chi connectivity index (χ0) is 23.9. The number of ether oxygens (including phenoxy) is 1. The van der Waals surface area contributed by atoms with Crippen molar-refractivity contribution >= 4 is 41.1 Å². The average Bonchev–Trinajstić information content (AvgIpc) is 2.79. The Morgan fingerprint density at radius 1 is 1.25 bits per heavy atom. The number of halogens is 1. The Morgan fingerprint density at radius 3 is 2.59 bits per heavy atom. The SMILES string of the molecule is C/C=N\c1nc(Cl)nc(N(C)c2ccccc2C#CCC)c1C.CCCCC(=O)OCC. The fraction of sp³-hybridized carbons (Fsp3) is 0.440. The van der Waals surface area contributed by atoms with Gasteiger partial charge in [-0.05, 0) is 50.9 Å². The second-order valence-electron chi connectivity index (χ2n) is 6.79. The number of rotatable bonds is 7. The first kappa shape index (κ1) is 27.1. The number of esters is 1. The number of hydrogen-bond acceptors (Lipinski definition) is 6. The van der Waals surface area contributed by atoms with Crippen molar-refractivity contribution in [3.8, 4) is 11.8 Å². The van der Waals surface area contributed by atoms with Crippen LogP contribution in [0, 0.1) is 18.8 Å². The summed E-state index contributed by atoms with van der Waals surface area (Å²) in [6, 6.07) is 7.96. The molecule has 2 aromatic rings. The molecule has 0 aliphatic heterocycles. The number of hydrogen-bond donors (Lipinski definition) is 0. The van der Waals surface area contributed by atoms with Crippen molar-refractivity contribution in [2.75, 3.05) is 18.6 Å². The first-order valence-electron chi connectivity index (χ1n) is 10.9. The molecule has 1 aromatic carbocycles. The predicted octanol–water partition coefficient (Wildman–Crippen LogP) is 6.43. The third kappa shape index (κ3) is 8.68. The van der Waals surface area contributed by atoms with E-state index in [1.165, 1.54) is 0 Å². The third-order valence-corrected chi connectivity index (χ3v) is 4.51. The maximum atomic E-state index is 10.6. The van der Waals surface area contributed by atoms with E-state index in [0.717, 1.165) is 41.9 Å². The van der Waals surface area contributed by atoms with Crippen LogP contribution in [0.4, 0.5) is 17.3 Å². The van der Waals surface area contributed by atoms with Gasteiger partial charge >= 0.3 is 5.97 Å². The summed E-state index contributed by atoms with van der Waals surface area (Å²) in [5, 5.41) is 0.176. The van der Waals surface area contributed by atoms with Crippen molar-refractivity contribution in [3.63, 3.8) is 0 Å². The summed E-state index contributed by atoms with van der Waals surface area (Å²) in [6.45, 7) is 10.2. The fourth-order valence-corrected chi connectivity index (χ4v) is 2.93. The molecular weight excluding hydrogens is 424 g/mol. The van der Waals surface area contributed by atoms with Gasteiger partial charge in [-0.25, -0.2) is 4.99 Å². The standard InChI is InChI=1S/C18H19ClN4.C7H14O2/c1-5-7-10-14-11-8-9-12-15(14)23(4)17-13(3)16(20-6-2)21-18(19)22-17;1-3-5-6-7(8)9-4-2/h6,8-9,11-12H,5H2,1-4H3;3-6H2,1-2H3/b20-6-;. The van der Waals surface area contributed by atoms with Gasteiger partial charge in [-0.15, -0.1) is 0 Å². The topological polar surface area (TPSA) is 67.7 Å². The van der Waals surface area contributed by atoms with Gasteiger partial charge in [0.25, 0.3) is 0 Å². The summed E-state index contributed by atoms with van der Waals surface area (Å²) in [7, 11) is 1.94. The van der Waals surface area contributed by atoms with E-state index in [1.807, 2.05) is 63.9 Å². The zero-order valence-corrected chi connectivity index (χ0v) is 20.7. The van der Waals surface area contributed by atoms with Crippen LogP contribution in [-0.2, 0) is 9.53 Å². The number of carbonyl (C=O) groups is 1. The molecule has 6 nitrogen and oxygen atoms in total. The summed E-state index contributed by atoms with van der Waals surface area (Å²) in [6.07, 6.45) is 5.07.